The van der Waals surface area contributed by atoms with E-state index in [-0.39, 0.29) is 28.6 Å². The number of carbonyl (C=O) groups is 2. The molecule has 0 aromatic heterocycles. The van der Waals surface area contributed by atoms with E-state index in [4.69, 9.17) is 9.47 Å². The largest absolute Gasteiger partial charge is 0.473 e. The molecule has 0 saturated heterocycles. The van der Waals surface area contributed by atoms with Crippen molar-refractivity contribution in [1.29, 1.82) is 0 Å². The van der Waals surface area contributed by atoms with E-state index in [1.807, 2.05) is 19.1 Å². The van der Waals surface area contributed by atoms with Gasteiger partial charge in [0.2, 0.25) is 34.9 Å². The van der Waals surface area contributed by atoms with E-state index >= 15 is 0 Å². The molecular formula is C25H15F5O5. The number of hydrogen-bond donors (Lipinski definition) is 0. The molecule has 1 heterocycles. The lowest BCUT2D eigenvalue weighted by atomic mass is 10.1. The number of benzene rings is 3. The molecule has 180 valence electrons. The maximum absolute atomic E-state index is 13.8. The summed E-state index contributed by atoms with van der Waals surface area (Å²) in [5.74, 6) is -14.4. The summed E-state index contributed by atoms with van der Waals surface area (Å²) < 4.78 is 82.8. The fourth-order valence-electron chi connectivity index (χ4n) is 3.23. The van der Waals surface area contributed by atoms with Crippen LogP contribution >= 0.6 is 0 Å². The maximum Gasteiger partial charge on any atom is 0.352 e. The highest BCUT2D eigenvalue weighted by molar-refractivity contribution is 6.14. The summed E-state index contributed by atoms with van der Waals surface area (Å²) in [5.41, 5.74) is 1.91. The lowest BCUT2D eigenvalue weighted by Gasteiger charge is -2.15. The molecule has 0 radical (unpaired) electrons. The average Bonchev–Trinajstić information content (AvgIpc) is 3.14. The van der Waals surface area contributed by atoms with Crippen LogP contribution < -0.4 is 14.2 Å². The Morgan fingerprint density at radius 3 is 2.23 bits per heavy atom. The fourth-order valence-corrected chi connectivity index (χ4v) is 3.23. The molecule has 4 rings (SSSR count). The van der Waals surface area contributed by atoms with Gasteiger partial charge in [-0.25, -0.2) is 18.0 Å². The van der Waals surface area contributed by atoms with Crippen molar-refractivity contribution in [2.24, 2.45) is 0 Å². The van der Waals surface area contributed by atoms with E-state index in [0.717, 1.165) is 18.1 Å². The Kier molecular flexibility index (Phi) is 6.29. The molecule has 1 unspecified atom stereocenters. The van der Waals surface area contributed by atoms with Gasteiger partial charge in [0, 0.05) is 6.07 Å². The second kappa shape index (κ2) is 9.21. The molecule has 1 aliphatic heterocycles. The first-order valence-corrected chi connectivity index (χ1v) is 10.1. The lowest BCUT2D eigenvalue weighted by molar-refractivity contribution is -0.141. The highest BCUT2D eigenvalue weighted by Gasteiger charge is 2.31. The van der Waals surface area contributed by atoms with E-state index in [0.29, 0.717) is 0 Å². The summed E-state index contributed by atoms with van der Waals surface area (Å²) in [6, 6.07) is 11.2. The molecular weight excluding hydrogens is 475 g/mol. The molecule has 1 atom stereocenters. The van der Waals surface area contributed by atoms with Crippen LogP contribution in [-0.4, -0.2) is 17.9 Å². The van der Waals surface area contributed by atoms with Crippen molar-refractivity contribution >= 4 is 17.8 Å². The van der Waals surface area contributed by atoms with Crippen molar-refractivity contribution in [3.8, 4) is 17.2 Å². The Morgan fingerprint density at radius 1 is 0.943 bits per heavy atom. The van der Waals surface area contributed by atoms with Gasteiger partial charge in [0.15, 0.2) is 17.6 Å². The van der Waals surface area contributed by atoms with Crippen LogP contribution in [0.15, 0.2) is 48.2 Å². The van der Waals surface area contributed by atoms with Crippen LogP contribution in [0.25, 0.3) is 6.08 Å². The minimum Gasteiger partial charge on any atom is -0.473 e. The van der Waals surface area contributed by atoms with Crippen LogP contribution in [0.2, 0.25) is 0 Å². The van der Waals surface area contributed by atoms with Gasteiger partial charge in [-0.3, -0.25) is 4.79 Å². The van der Waals surface area contributed by atoms with Gasteiger partial charge in [-0.05, 0) is 43.2 Å². The molecule has 0 spiro atoms. The second-order valence-corrected chi connectivity index (χ2v) is 7.53. The fraction of sp³-hybridized carbons (Fsp3) is 0.120. The maximum atomic E-state index is 13.8. The first-order valence-electron chi connectivity index (χ1n) is 10.1. The summed E-state index contributed by atoms with van der Waals surface area (Å²) in [7, 11) is 0. The Morgan fingerprint density at radius 2 is 1.57 bits per heavy atom. The predicted octanol–water partition coefficient (Wildman–Crippen LogP) is 5.68. The molecule has 1 aliphatic rings. The minimum absolute atomic E-state index is 0.0563. The van der Waals surface area contributed by atoms with E-state index in [1.54, 1.807) is 18.2 Å². The quantitative estimate of drug-likeness (QED) is 0.115. The van der Waals surface area contributed by atoms with Gasteiger partial charge in [-0.2, -0.15) is 8.78 Å². The summed E-state index contributed by atoms with van der Waals surface area (Å²) in [6.07, 6.45) is -0.181. The van der Waals surface area contributed by atoms with E-state index in [9.17, 15) is 31.5 Å². The van der Waals surface area contributed by atoms with Crippen LogP contribution in [0.3, 0.4) is 0 Å². The number of rotatable bonds is 5. The number of fused-ring (bicyclic) bond motifs is 1. The average molecular weight is 490 g/mol. The standard InChI is InChI=1S/C25H15F5O5/c1-11-5-3-4-6-13(11)9-17-23(31)15-8-7-14(10-16(15)35-17)34-25(32)12(2)33-24-21(29)19(27)18(26)20(28)22(24)30/h3-10,12H,1-2H3/b17-9-. The Labute approximate surface area is 195 Å². The molecule has 0 fully saturated rings. The van der Waals surface area contributed by atoms with E-state index in [2.05, 4.69) is 4.74 Å². The number of halogens is 5. The van der Waals surface area contributed by atoms with E-state index in [1.165, 1.54) is 18.2 Å². The van der Waals surface area contributed by atoms with Crippen molar-refractivity contribution < 1.29 is 45.8 Å². The van der Waals surface area contributed by atoms with Crippen LogP contribution in [0.4, 0.5) is 22.0 Å². The molecule has 0 aliphatic carbocycles. The monoisotopic (exact) mass is 490 g/mol. The third kappa shape index (κ3) is 4.46. The molecule has 0 amide bonds. The van der Waals surface area contributed by atoms with Crippen molar-refractivity contribution in [2.45, 2.75) is 20.0 Å². The summed E-state index contributed by atoms with van der Waals surface area (Å²) in [5, 5.41) is 0. The third-order valence-corrected chi connectivity index (χ3v) is 5.13. The summed E-state index contributed by atoms with van der Waals surface area (Å²) in [6.45, 7) is 2.86. The summed E-state index contributed by atoms with van der Waals surface area (Å²) in [4.78, 5) is 24.9. The first-order chi connectivity index (χ1) is 16.6. The second-order valence-electron chi connectivity index (χ2n) is 7.53. The number of esters is 1. The van der Waals surface area contributed by atoms with E-state index < -0.39 is 46.9 Å². The highest BCUT2D eigenvalue weighted by atomic mass is 19.2. The number of allylic oxidation sites excluding steroid dienone is 1. The first kappa shape index (κ1) is 23.9. The molecule has 0 saturated carbocycles. The van der Waals surface area contributed by atoms with Gasteiger partial charge in [-0.15, -0.1) is 0 Å². The van der Waals surface area contributed by atoms with Gasteiger partial charge >= 0.3 is 5.97 Å². The van der Waals surface area contributed by atoms with Crippen LogP contribution in [-0.2, 0) is 4.79 Å². The molecule has 10 heteroatoms. The Balaban J connectivity index is 1.50. The van der Waals surface area contributed by atoms with Crippen molar-refractivity contribution in [1.82, 2.24) is 0 Å². The van der Waals surface area contributed by atoms with Gasteiger partial charge in [0.05, 0.1) is 5.56 Å². The van der Waals surface area contributed by atoms with Crippen molar-refractivity contribution in [3.63, 3.8) is 0 Å². The van der Waals surface area contributed by atoms with Gasteiger partial charge in [0.1, 0.15) is 11.5 Å². The lowest BCUT2D eigenvalue weighted by Crippen LogP contribution is -2.29. The number of hydrogen-bond acceptors (Lipinski definition) is 5. The zero-order chi connectivity index (χ0) is 25.4. The highest BCUT2D eigenvalue weighted by Crippen LogP contribution is 2.35. The van der Waals surface area contributed by atoms with Crippen LogP contribution in [0.5, 0.6) is 17.2 Å². The molecule has 0 N–H and O–H groups in total. The normalized spacial score (nSPS) is 14.5. The Bertz CT molecular complexity index is 1370. The zero-order valence-electron chi connectivity index (χ0n) is 18.1. The Hall–Kier alpha value is -4.21. The van der Waals surface area contributed by atoms with Gasteiger partial charge < -0.3 is 14.2 Å². The number of ketones is 1. The molecule has 5 nitrogen and oxygen atoms in total. The van der Waals surface area contributed by atoms with Crippen LogP contribution in [0, 0.1) is 36.0 Å². The zero-order valence-corrected chi connectivity index (χ0v) is 18.1. The summed E-state index contributed by atoms with van der Waals surface area (Å²) >= 11 is 0. The van der Waals surface area contributed by atoms with Crippen LogP contribution in [0.1, 0.15) is 28.4 Å². The topological polar surface area (TPSA) is 61.8 Å². The van der Waals surface area contributed by atoms with Gasteiger partial charge in [-0.1, -0.05) is 24.3 Å². The molecule has 3 aromatic rings. The van der Waals surface area contributed by atoms with Crippen molar-refractivity contribution in [3.05, 3.63) is 94.0 Å². The third-order valence-electron chi connectivity index (χ3n) is 5.13. The molecule has 0 bridgehead atoms. The number of Topliss-reactive ketones (excluding diaryl/α,β-unsaturated/α-hetero) is 1. The smallest absolute Gasteiger partial charge is 0.352 e. The predicted molar refractivity (Wildman–Crippen MR) is 113 cm³/mol. The molecule has 35 heavy (non-hydrogen) atoms. The minimum atomic E-state index is -2.36. The van der Waals surface area contributed by atoms with Gasteiger partial charge in [0.25, 0.3) is 0 Å². The molecule has 3 aromatic carbocycles. The van der Waals surface area contributed by atoms with Crippen molar-refractivity contribution in [2.75, 3.05) is 0 Å². The SMILES string of the molecule is Cc1ccccc1/C=C1\Oc2cc(OC(=O)C(C)Oc3c(F)c(F)c(F)c(F)c3F)ccc2C1=O. The number of ether oxygens (including phenoxy) is 3. The number of carbonyl (C=O) groups excluding carboxylic acids is 2. The number of aryl methyl sites for hydroxylation is 1.